The second-order valence-corrected chi connectivity index (χ2v) is 5.23. The predicted molar refractivity (Wildman–Crippen MR) is 65.6 cm³/mol. The van der Waals surface area contributed by atoms with Gasteiger partial charge in [0.15, 0.2) is 0 Å². The number of alkyl halides is 2. The van der Waals surface area contributed by atoms with E-state index in [0.29, 0.717) is 13.2 Å². The normalized spacial score (nSPS) is 10.4. The minimum atomic E-state index is -1.89. The zero-order valence-electron chi connectivity index (χ0n) is 8.08. The number of halogens is 2. The van der Waals surface area contributed by atoms with Crippen molar-refractivity contribution >= 4 is 40.1 Å². The summed E-state index contributed by atoms with van der Waals surface area (Å²) in [4.78, 5) is 0. The summed E-state index contributed by atoms with van der Waals surface area (Å²) in [6.45, 7) is 1.03. The van der Waals surface area contributed by atoms with Gasteiger partial charge in [0.1, 0.15) is 13.2 Å². The Kier molecular flexibility index (Phi) is 12.9. The van der Waals surface area contributed by atoms with Crippen molar-refractivity contribution in [2.24, 2.45) is 0 Å². The molecule has 0 spiro atoms. The molecular weight excluding hydrogens is 335 g/mol. The molecule has 14 heavy (non-hydrogen) atoms. The van der Waals surface area contributed by atoms with Crippen LogP contribution in [0.1, 0.15) is 25.7 Å². The monoisotopic (exact) mass is 349 g/mol. The van der Waals surface area contributed by atoms with Gasteiger partial charge in [0.05, 0.1) is 0 Å². The van der Waals surface area contributed by atoms with Gasteiger partial charge in [-0.25, -0.2) is 0 Å². The lowest BCUT2D eigenvalue weighted by atomic mass is 10.4. The number of hydrogen-bond acceptors (Lipinski definition) is 3. The Morgan fingerprint density at radius 3 is 1.64 bits per heavy atom. The van der Waals surface area contributed by atoms with Gasteiger partial charge in [-0.2, -0.15) is 0 Å². The van der Waals surface area contributed by atoms with Crippen molar-refractivity contribution < 1.29 is 13.6 Å². The van der Waals surface area contributed by atoms with Gasteiger partial charge in [0.2, 0.25) is 0 Å². The largest absolute Gasteiger partial charge is 0.697 e. The third kappa shape index (κ3) is 11.1. The lowest BCUT2D eigenvalue weighted by molar-refractivity contribution is 0.221. The molecule has 84 valence electrons. The summed E-state index contributed by atoms with van der Waals surface area (Å²) in [7, 11) is -1.89. The van der Waals surface area contributed by atoms with Crippen LogP contribution in [0.5, 0.6) is 0 Å². The lowest BCUT2D eigenvalue weighted by Crippen LogP contribution is -1.92. The summed E-state index contributed by atoms with van der Waals surface area (Å²) in [6, 6.07) is 0. The molecule has 0 N–H and O–H groups in total. The summed E-state index contributed by atoms with van der Waals surface area (Å²) in [6.07, 6.45) is 3.90. The summed E-state index contributed by atoms with van der Waals surface area (Å²) in [5.41, 5.74) is 0. The fourth-order valence-electron chi connectivity index (χ4n) is 0.709. The van der Waals surface area contributed by atoms with Crippen LogP contribution in [0.15, 0.2) is 0 Å². The third-order valence-corrected chi connectivity index (χ3v) is 3.36. The van der Waals surface area contributed by atoms with E-state index in [4.69, 9.17) is 9.05 Å². The van der Waals surface area contributed by atoms with E-state index in [1.54, 1.807) is 0 Å². The Morgan fingerprint density at radius 1 is 0.857 bits per heavy atom. The van der Waals surface area contributed by atoms with Crippen LogP contribution in [0.25, 0.3) is 0 Å². The lowest BCUT2D eigenvalue weighted by Gasteiger charge is -1.92. The van der Waals surface area contributed by atoms with Crippen LogP contribution >= 0.6 is 40.1 Å². The Bertz CT molecular complexity index is 133. The van der Waals surface area contributed by atoms with E-state index >= 15 is 0 Å². The molecule has 0 aliphatic carbocycles. The van der Waals surface area contributed by atoms with Gasteiger partial charge >= 0.3 is 8.25 Å². The quantitative estimate of drug-likeness (QED) is 0.339. The van der Waals surface area contributed by atoms with Crippen molar-refractivity contribution in [1.29, 1.82) is 0 Å². The van der Waals surface area contributed by atoms with Gasteiger partial charge in [-0.05, 0) is 25.7 Å². The zero-order chi connectivity index (χ0) is 10.6. The van der Waals surface area contributed by atoms with Crippen molar-refractivity contribution in [2.75, 3.05) is 23.9 Å². The first-order valence-electron chi connectivity index (χ1n) is 4.66. The van der Waals surface area contributed by atoms with Gasteiger partial charge in [0, 0.05) is 15.2 Å². The first kappa shape index (κ1) is 15.0. The van der Waals surface area contributed by atoms with Crippen molar-refractivity contribution in [1.82, 2.24) is 0 Å². The minimum absolute atomic E-state index is 0.513. The third-order valence-electron chi connectivity index (χ3n) is 1.45. The average Bonchev–Trinajstić information content (AvgIpc) is 2.19. The molecule has 0 aliphatic rings. The van der Waals surface area contributed by atoms with Crippen LogP contribution in [0.3, 0.4) is 0 Å². The van der Waals surface area contributed by atoms with Crippen molar-refractivity contribution in [3.8, 4) is 0 Å². The molecule has 0 unspecified atom stereocenters. The maximum absolute atomic E-state index is 11.0. The Labute approximate surface area is 103 Å². The van der Waals surface area contributed by atoms with Crippen molar-refractivity contribution in [3.05, 3.63) is 0 Å². The highest BCUT2D eigenvalue weighted by molar-refractivity contribution is 9.09. The Balaban J connectivity index is 3.11. The maximum Gasteiger partial charge on any atom is 0.697 e. The highest BCUT2D eigenvalue weighted by Gasteiger charge is 2.18. The molecule has 0 atom stereocenters. The standard InChI is InChI=1S/C8H16Br2O3P/c9-5-1-3-7-12-14(11)13-8-4-2-6-10/h1-8H2/q+1. The van der Waals surface area contributed by atoms with E-state index < -0.39 is 8.25 Å². The van der Waals surface area contributed by atoms with Gasteiger partial charge in [-0.3, -0.25) is 0 Å². The van der Waals surface area contributed by atoms with Crippen LogP contribution in [0.2, 0.25) is 0 Å². The SMILES string of the molecule is O=[P+](OCCCCBr)OCCCCBr. The Morgan fingerprint density at radius 2 is 1.29 bits per heavy atom. The van der Waals surface area contributed by atoms with E-state index in [0.717, 1.165) is 36.3 Å². The van der Waals surface area contributed by atoms with Crippen molar-refractivity contribution in [2.45, 2.75) is 25.7 Å². The molecule has 0 aromatic heterocycles. The molecule has 0 aromatic carbocycles. The summed E-state index contributed by atoms with van der Waals surface area (Å²) in [5.74, 6) is 0. The molecule has 0 radical (unpaired) electrons. The highest BCUT2D eigenvalue weighted by Crippen LogP contribution is 2.24. The summed E-state index contributed by atoms with van der Waals surface area (Å²) >= 11 is 6.62. The molecule has 0 rings (SSSR count). The van der Waals surface area contributed by atoms with Gasteiger partial charge in [-0.1, -0.05) is 31.9 Å². The van der Waals surface area contributed by atoms with Gasteiger partial charge < -0.3 is 0 Å². The average molecular weight is 351 g/mol. The molecule has 0 amide bonds. The fourth-order valence-corrected chi connectivity index (χ4v) is 2.13. The first-order chi connectivity index (χ1) is 6.81. The van der Waals surface area contributed by atoms with E-state index in [2.05, 4.69) is 31.9 Å². The molecule has 0 fully saturated rings. The van der Waals surface area contributed by atoms with Crippen LogP contribution in [-0.4, -0.2) is 23.9 Å². The molecule has 3 nitrogen and oxygen atoms in total. The molecule has 0 heterocycles. The van der Waals surface area contributed by atoms with Gasteiger partial charge in [0.25, 0.3) is 0 Å². The highest BCUT2D eigenvalue weighted by atomic mass is 79.9. The molecule has 0 aliphatic heterocycles. The second kappa shape index (κ2) is 12.1. The molecule has 0 saturated heterocycles. The number of rotatable bonds is 10. The minimum Gasteiger partial charge on any atom is -0.119 e. The first-order valence-corrected chi connectivity index (χ1v) is 8.00. The van der Waals surface area contributed by atoms with Crippen LogP contribution in [0, 0.1) is 0 Å². The molecule has 0 aromatic rings. The summed E-state index contributed by atoms with van der Waals surface area (Å²) < 4.78 is 21.0. The van der Waals surface area contributed by atoms with Crippen LogP contribution in [0.4, 0.5) is 0 Å². The van der Waals surface area contributed by atoms with Crippen LogP contribution in [-0.2, 0) is 13.6 Å². The Hall–Kier alpha value is 0.980. The van der Waals surface area contributed by atoms with E-state index in [1.807, 2.05) is 0 Å². The molecular formula is C8H16Br2O3P+. The van der Waals surface area contributed by atoms with Crippen LogP contribution < -0.4 is 0 Å². The van der Waals surface area contributed by atoms with Gasteiger partial charge in [-0.15, -0.1) is 9.05 Å². The second-order valence-electron chi connectivity index (χ2n) is 2.68. The molecule has 6 heteroatoms. The maximum atomic E-state index is 11.0. The number of hydrogen-bond donors (Lipinski definition) is 0. The smallest absolute Gasteiger partial charge is 0.119 e. The van der Waals surface area contributed by atoms with E-state index in [1.165, 1.54) is 0 Å². The van der Waals surface area contributed by atoms with Crippen molar-refractivity contribution in [3.63, 3.8) is 0 Å². The zero-order valence-corrected chi connectivity index (χ0v) is 12.2. The summed E-state index contributed by atoms with van der Waals surface area (Å²) in [5, 5.41) is 1.92. The van der Waals surface area contributed by atoms with E-state index in [-0.39, 0.29) is 0 Å². The predicted octanol–water partition coefficient (Wildman–Crippen LogP) is 4.03. The topological polar surface area (TPSA) is 35.5 Å². The molecule has 0 saturated carbocycles. The number of unbranched alkanes of at least 4 members (excludes halogenated alkanes) is 2. The van der Waals surface area contributed by atoms with E-state index in [9.17, 15) is 4.57 Å². The molecule has 0 bridgehead atoms. The fraction of sp³-hybridized carbons (Fsp3) is 1.00.